The Balaban J connectivity index is 1.87. The van der Waals surface area contributed by atoms with E-state index in [9.17, 15) is 8.78 Å². The second-order valence-electron chi connectivity index (χ2n) is 4.36. The lowest BCUT2D eigenvalue weighted by Gasteiger charge is -2.14. The molecule has 0 aliphatic carbocycles. The van der Waals surface area contributed by atoms with E-state index in [0.29, 0.717) is 0 Å². The standard InChI is InChI=1S/C14H11F2NO2/c15-14(16,12-13(18)19-12)10-6-4-9(5-7-10)11-3-1-2-8-17-11/h1-8,12-13,18H. The monoisotopic (exact) mass is 263 g/mol. The zero-order valence-corrected chi connectivity index (χ0v) is 9.83. The molecule has 2 heterocycles. The fraction of sp³-hybridized carbons (Fsp3) is 0.214. The summed E-state index contributed by atoms with van der Waals surface area (Å²) in [4.78, 5) is 4.15. The van der Waals surface area contributed by atoms with Gasteiger partial charge in [0, 0.05) is 17.3 Å². The molecule has 19 heavy (non-hydrogen) atoms. The number of alkyl halides is 2. The number of pyridine rings is 1. The molecule has 0 spiro atoms. The Morgan fingerprint density at radius 1 is 1.11 bits per heavy atom. The number of nitrogens with zero attached hydrogens (tertiary/aromatic N) is 1. The van der Waals surface area contributed by atoms with E-state index in [0.717, 1.165) is 11.3 Å². The first-order valence-corrected chi connectivity index (χ1v) is 5.82. The van der Waals surface area contributed by atoms with E-state index in [1.165, 1.54) is 12.1 Å². The summed E-state index contributed by atoms with van der Waals surface area (Å²) < 4.78 is 32.1. The number of hydrogen-bond acceptors (Lipinski definition) is 3. The molecule has 1 fully saturated rings. The maximum absolute atomic E-state index is 13.8. The summed E-state index contributed by atoms with van der Waals surface area (Å²) in [5, 5.41) is 8.94. The minimum Gasteiger partial charge on any atom is -0.366 e. The summed E-state index contributed by atoms with van der Waals surface area (Å²) in [6.07, 6.45) is -1.16. The molecule has 3 rings (SSSR count). The predicted molar refractivity (Wildman–Crippen MR) is 64.4 cm³/mol. The van der Waals surface area contributed by atoms with Gasteiger partial charge in [-0.25, -0.2) is 0 Å². The van der Waals surface area contributed by atoms with E-state index in [-0.39, 0.29) is 5.56 Å². The molecule has 98 valence electrons. The predicted octanol–water partition coefficient (Wildman–Crippen LogP) is 2.56. The second-order valence-corrected chi connectivity index (χ2v) is 4.36. The highest BCUT2D eigenvalue weighted by Crippen LogP contribution is 2.43. The van der Waals surface area contributed by atoms with Gasteiger partial charge in [0.15, 0.2) is 12.4 Å². The SMILES string of the molecule is OC1OC1C(F)(F)c1ccc(-c2ccccn2)cc1. The van der Waals surface area contributed by atoms with Gasteiger partial charge < -0.3 is 9.84 Å². The Hall–Kier alpha value is -1.85. The Labute approximate surface area is 108 Å². The first kappa shape index (κ1) is 12.2. The molecular weight excluding hydrogens is 252 g/mol. The van der Waals surface area contributed by atoms with Gasteiger partial charge in [-0.1, -0.05) is 30.3 Å². The van der Waals surface area contributed by atoms with Gasteiger partial charge in [-0.15, -0.1) is 0 Å². The average Bonchev–Trinajstić information content (AvgIpc) is 3.18. The summed E-state index contributed by atoms with van der Waals surface area (Å²) in [6.45, 7) is 0. The van der Waals surface area contributed by atoms with Crippen molar-refractivity contribution in [3.8, 4) is 11.3 Å². The van der Waals surface area contributed by atoms with Gasteiger partial charge in [0.05, 0.1) is 5.69 Å². The van der Waals surface area contributed by atoms with Crippen molar-refractivity contribution < 1.29 is 18.6 Å². The maximum atomic E-state index is 13.8. The smallest absolute Gasteiger partial charge is 0.303 e. The van der Waals surface area contributed by atoms with Crippen LogP contribution in [0.25, 0.3) is 11.3 Å². The lowest BCUT2D eigenvalue weighted by molar-refractivity contribution is -0.0330. The summed E-state index contributed by atoms with van der Waals surface area (Å²) in [6, 6.07) is 11.3. The lowest BCUT2D eigenvalue weighted by atomic mass is 10.0. The van der Waals surface area contributed by atoms with Crippen molar-refractivity contribution in [1.29, 1.82) is 0 Å². The molecule has 1 aliphatic rings. The molecule has 5 heteroatoms. The first-order chi connectivity index (χ1) is 9.09. The molecular formula is C14H11F2NO2. The molecule has 0 radical (unpaired) electrons. The second kappa shape index (κ2) is 4.36. The van der Waals surface area contributed by atoms with Crippen molar-refractivity contribution in [3.63, 3.8) is 0 Å². The number of hydrogen-bond donors (Lipinski definition) is 1. The number of aliphatic hydroxyl groups excluding tert-OH is 1. The first-order valence-electron chi connectivity index (χ1n) is 5.82. The van der Waals surface area contributed by atoms with Crippen LogP contribution in [-0.2, 0) is 10.7 Å². The number of benzene rings is 1. The van der Waals surface area contributed by atoms with Crippen LogP contribution < -0.4 is 0 Å². The van der Waals surface area contributed by atoms with Crippen LogP contribution in [0.5, 0.6) is 0 Å². The Morgan fingerprint density at radius 3 is 2.32 bits per heavy atom. The highest BCUT2D eigenvalue weighted by Gasteiger charge is 2.57. The fourth-order valence-electron chi connectivity index (χ4n) is 1.93. The van der Waals surface area contributed by atoms with Crippen molar-refractivity contribution in [2.24, 2.45) is 0 Å². The average molecular weight is 263 g/mol. The third-order valence-electron chi connectivity index (χ3n) is 3.06. The zero-order valence-electron chi connectivity index (χ0n) is 9.83. The van der Waals surface area contributed by atoms with Crippen molar-refractivity contribution >= 4 is 0 Å². The molecule has 2 unspecified atom stereocenters. The third kappa shape index (κ3) is 2.22. The molecule has 2 aromatic rings. The van der Waals surface area contributed by atoms with E-state index < -0.39 is 18.3 Å². The molecule has 0 amide bonds. The molecule has 1 saturated heterocycles. The van der Waals surface area contributed by atoms with E-state index in [4.69, 9.17) is 5.11 Å². The third-order valence-corrected chi connectivity index (χ3v) is 3.06. The highest BCUT2D eigenvalue weighted by atomic mass is 19.3. The van der Waals surface area contributed by atoms with Gasteiger partial charge in [-0.2, -0.15) is 8.78 Å². The van der Waals surface area contributed by atoms with Gasteiger partial charge in [-0.05, 0) is 12.1 Å². The highest BCUT2D eigenvalue weighted by molar-refractivity contribution is 5.59. The molecule has 2 atom stereocenters. The van der Waals surface area contributed by atoms with Gasteiger partial charge in [-0.3, -0.25) is 4.98 Å². The Bertz CT molecular complexity index is 572. The Kier molecular flexibility index (Phi) is 2.80. The van der Waals surface area contributed by atoms with E-state index in [1.54, 1.807) is 30.5 Å². The van der Waals surface area contributed by atoms with Crippen LogP contribution in [0.15, 0.2) is 48.7 Å². The van der Waals surface area contributed by atoms with Crippen molar-refractivity contribution in [2.45, 2.75) is 18.3 Å². The number of aliphatic hydroxyl groups is 1. The Morgan fingerprint density at radius 2 is 1.79 bits per heavy atom. The van der Waals surface area contributed by atoms with Crippen molar-refractivity contribution in [3.05, 3.63) is 54.2 Å². The lowest BCUT2D eigenvalue weighted by Crippen LogP contribution is -2.22. The van der Waals surface area contributed by atoms with Gasteiger partial charge in [0.2, 0.25) is 0 Å². The van der Waals surface area contributed by atoms with Crippen LogP contribution >= 0.6 is 0 Å². The number of rotatable bonds is 3. The van der Waals surface area contributed by atoms with Crippen LogP contribution in [0.2, 0.25) is 0 Å². The van der Waals surface area contributed by atoms with E-state index in [2.05, 4.69) is 9.72 Å². The number of ether oxygens (including phenoxy) is 1. The molecule has 1 N–H and O–H groups in total. The molecule has 0 saturated carbocycles. The zero-order chi connectivity index (χ0) is 13.5. The topological polar surface area (TPSA) is 45.6 Å². The van der Waals surface area contributed by atoms with Gasteiger partial charge >= 0.3 is 5.92 Å². The summed E-state index contributed by atoms with van der Waals surface area (Å²) in [5.41, 5.74) is 1.31. The molecule has 3 nitrogen and oxygen atoms in total. The van der Waals surface area contributed by atoms with Crippen LogP contribution in [0.3, 0.4) is 0 Å². The molecule has 1 aliphatic heterocycles. The summed E-state index contributed by atoms with van der Waals surface area (Å²) >= 11 is 0. The minimum atomic E-state index is -3.18. The van der Waals surface area contributed by atoms with Crippen LogP contribution in [0.1, 0.15) is 5.56 Å². The van der Waals surface area contributed by atoms with Gasteiger partial charge in [0.1, 0.15) is 0 Å². The molecule has 0 bridgehead atoms. The van der Waals surface area contributed by atoms with E-state index >= 15 is 0 Å². The summed E-state index contributed by atoms with van der Waals surface area (Å²) in [7, 11) is 0. The molecule has 1 aromatic carbocycles. The van der Waals surface area contributed by atoms with Crippen molar-refractivity contribution in [1.82, 2.24) is 4.98 Å². The number of epoxide rings is 1. The largest absolute Gasteiger partial charge is 0.366 e. The van der Waals surface area contributed by atoms with Crippen LogP contribution in [0.4, 0.5) is 8.78 Å². The van der Waals surface area contributed by atoms with Gasteiger partial charge in [0.25, 0.3) is 0 Å². The quantitative estimate of drug-likeness (QED) is 0.866. The fourth-order valence-corrected chi connectivity index (χ4v) is 1.93. The van der Waals surface area contributed by atoms with Crippen molar-refractivity contribution in [2.75, 3.05) is 0 Å². The minimum absolute atomic E-state index is 0.172. The van der Waals surface area contributed by atoms with Crippen LogP contribution in [-0.4, -0.2) is 22.5 Å². The normalized spacial score (nSPS) is 22.3. The van der Waals surface area contributed by atoms with E-state index in [1.807, 2.05) is 6.07 Å². The number of halogens is 2. The maximum Gasteiger partial charge on any atom is 0.303 e. The summed E-state index contributed by atoms with van der Waals surface area (Å²) in [5.74, 6) is -3.18. The molecule has 1 aromatic heterocycles. The van der Waals surface area contributed by atoms with Crippen LogP contribution in [0, 0.1) is 0 Å². The number of aromatic nitrogens is 1.